The molecular formula is C15H12Br2N4. The molecule has 0 saturated carbocycles. The summed E-state index contributed by atoms with van der Waals surface area (Å²) in [5, 5.41) is 1.85. The fourth-order valence-corrected chi connectivity index (χ4v) is 2.38. The number of halogens is 2. The number of nitrogens with zero attached hydrogens (tertiary/aromatic N) is 3. The van der Waals surface area contributed by atoms with E-state index in [-0.39, 0.29) is 0 Å². The maximum Gasteiger partial charge on any atom is 0.192 e. The van der Waals surface area contributed by atoms with Gasteiger partial charge in [-0.2, -0.15) is 0 Å². The highest BCUT2D eigenvalue weighted by atomic mass is 79.9. The van der Waals surface area contributed by atoms with Crippen LogP contribution >= 0.6 is 31.9 Å². The van der Waals surface area contributed by atoms with E-state index >= 15 is 0 Å². The lowest BCUT2D eigenvalue weighted by Crippen LogP contribution is -2.61. The van der Waals surface area contributed by atoms with Crippen LogP contribution < -0.4 is 5.43 Å². The van der Waals surface area contributed by atoms with Gasteiger partial charge in [-0.05, 0) is 48.5 Å². The summed E-state index contributed by atoms with van der Waals surface area (Å²) in [6.45, 7) is 0. The number of nitrogens with one attached hydrogen (secondary N) is 1. The van der Waals surface area contributed by atoms with Crippen LogP contribution in [-0.2, 0) is 0 Å². The molecule has 1 N–H and O–H groups in total. The Bertz CT molecular complexity index is 705. The van der Waals surface area contributed by atoms with Crippen molar-refractivity contribution in [2.45, 2.75) is 0 Å². The summed E-state index contributed by atoms with van der Waals surface area (Å²) in [5.41, 5.74) is 4.90. The van der Waals surface area contributed by atoms with E-state index in [2.05, 4.69) is 47.3 Å². The van der Waals surface area contributed by atoms with E-state index in [1.807, 2.05) is 60.6 Å². The largest absolute Gasteiger partial charge is 0.277 e. The van der Waals surface area contributed by atoms with Crippen molar-refractivity contribution in [2.24, 2.45) is 9.98 Å². The average Bonchev–Trinajstić information content (AvgIpc) is 2.48. The van der Waals surface area contributed by atoms with Crippen LogP contribution in [0, 0.1) is 0 Å². The van der Waals surface area contributed by atoms with Crippen molar-refractivity contribution in [3.63, 3.8) is 0 Å². The molecule has 0 spiro atoms. The van der Waals surface area contributed by atoms with Gasteiger partial charge >= 0.3 is 0 Å². The van der Waals surface area contributed by atoms with Crippen molar-refractivity contribution in [3.8, 4) is 0 Å². The molecule has 2 aromatic rings. The molecular weight excluding hydrogens is 396 g/mol. The quantitative estimate of drug-likeness (QED) is 0.800. The first-order valence-corrected chi connectivity index (χ1v) is 7.90. The summed E-state index contributed by atoms with van der Waals surface area (Å²) in [6, 6.07) is 15.7. The number of hydrogen-bond acceptors (Lipinski definition) is 2. The first-order valence-electron chi connectivity index (χ1n) is 6.31. The van der Waals surface area contributed by atoms with Crippen molar-refractivity contribution in [1.29, 1.82) is 0 Å². The van der Waals surface area contributed by atoms with E-state index in [9.17, 15) is 0 Å². The fraction of sp³-hybridized carbons (Fsp3) is 0.0667. The number of rotatable bonds is 2. The van der Waals surface area contributed by atoms with Crippen LogP contribution in [0.4, 0.5) is 11.4 Å². The Morgan fingerprint density at radius 3 is 1.76 bits per heavy atom. The molecule has 0 atom stereocenters. The van der Waals surface area contributed by atoms with Gasteiger partial charge in [-0.25, -0.2) is 9.98 Å². The van der Waals surface area contributed by atoms with E-state index in [1.54, 1.807) is 0 Å². The third-order valence-electron chi connectivity index (χ3n) is 2.93. The molecule has 0 radical (unpaired) electrons. The number of aliphatic imine (C=N–C) groups is 2. The molecule has 3 rings (SSSR count). The summed E-state index contributed by atoms with van der Waals surface area (Å²) >= 11 is 6.83. The van der Waals surface area contributed by atoms with Crippen LogP contribution in [0.25, 0.3) is 0 Å². The summed E-state index contributed by atoms with van der Waals surface area (Å²) in [5.74, 6) is 1.59. The van der Waals surface area contributed by atoms with Crippen LogP contribution in [0.15, 0.2) is 67.5 Å². The highest BCUT2D eigenvalue weighted by molar-refractivity contribution is 9.10. The molecule has 2 aromatic carbocycles. The highest BCUT2D eigenvalue weighted by Gasteiger charge is 2.26. The number of hydrogen-bond donors (Lipinski definition) is 1. The molecule has 1 aliphatic rings. The minimum atomic E-state index is 0.766. The Balaban J connectivity index is 1.87. The predicted octanol–water partition coefficient (Wildman–Crippen LogP) is 4.42. The first-order chi connectivity index (χ1) is 10.1. The second kappa shape index (κ2) is 5.99. The zero-order valence-corrected chi connectivity index (χ0v) is 14.4. The van der Waals surface area contributed by atoms with Gasteiger partial charge in [0.15, 0.2) is 11.7 Å². The molecule has 21 heavy (non-hydrogen) atoms. The number of amidine groups is 2. The molecule has 0 aliphatic carbocycles. The van der Waals surface area contributed by atoms with Gasteiger partial charge in [-0.3, -0.25) is 10.4 Å². The number of likely N-dealkylation sites (N-methyl/N-ethyl adjacent to an activating group) is 1. The van der Waals surface area contributed by atoms with Crippen molar-refractivity contribution in [3.05, 3.63) is 57.5 Å². The second-order valence-corrected chi connectivity index (χ2v) is 6.35. The molecule has 0 amide bonds. The molecule has 6 heteroatoms. The van der Waals surface area contributed by atoms with Gasteiger partial charge < -0.3 is 0 Å². The van der Waals surface area contributed by atoms with E-state index in [1.165, 1.54) is 0 Å². The average molecular weight is 408 g/mol. The minimum Gasteiger partial charge on any atom is -0.277 e. The Morgan fingerprint density at radius 2 is 1.29 bits per heavy atom. The molecule has 1 saturated heterocycles. The zero-order valence-electron chi connectivity index (χ0n) is 11.2. The first kappa shape index (κ1) is 14.3. The Morgan fingerprint density at radius 1 is 0.810 bits per heavy atom. The molecule has 4 nitrogen and oxygen atoms in total. The minimum absolute atomic E-state index is 0.766. The maximum absolute atomic E-state index is 4.60. The van der Waals surface area contributed by atoms with E-state index in [0.717, 1.165) is 32.0 Å². The van der Waals surface area contributed by atoms with Crippen molar-refractivity contribution < 1.29 is 0 Å². The topological polar surface area (TPSA) is 40.0 Å². The molecule has 0 bridgehead atoms. The molecule has 0 aromatic heterocycles. The van der Waals surface area contributed by atoms with Crippen LogP contribution in [0.2, 0.25) is 0 Å². The summed E-state index contributed by atoms with van der Waals surface area (Å²) in [7, 11) is 1.91. The van der Waals surface area contributed by atoms with Crippen LogP contribution in [0.1, 0.15) is 0 Å². The van der Waals surface area contributed by atoms with Gasteiger partial charge in [0.1, 0.15) is 0 Å². The lowest BCUT2D eigenvalue weighted by Gasteiger charge is -2.33. The van der Waals surface area contributed by atoms with Gasteiger partial charge in [-0.15, -0.1) is 0 Å². The molecule has 1 fully saturated rings. The maximum atomic E-state index is 4.60. The zero-order chi connectivity index (χ0) is 14.8. The lowest BCUT2D eigenvalue weighted by atomic mass is 10.3. The Labute approximate surface area is 139 Å². The third kappa shape index (κ3) is 3.33. The fourth-order valence-electron chi connectivity index (χ4n) is 1.85. The summed E-state index contributed by atoms with van der Waals surface area (Å²) in [6.07, 6.45) is 0. The van der Waals surface area contributed by atoms with E-state index in [4.69, 9.17) is 0 Å². The third-order valence-corrected chi connectivity index (χ3v) is 3.99. The van der Waals surface area contributed by atoms with Crippen LogP contribution in [-0.4, -0.2) is 23.7 Å². The predicted molar refractivity (Wildman–Crippen MR) is 93.4 cm³/mol. The number of benzene rings is 2. The Hall–Kier alpha value is -1.66. The molecule has 1 aliphatic heterocycles. The standard InChI is InChI=1S/C15H12Br2N4/c1-21-15(19-13-8-4-11(17)5-9-13)14(20-21)18-12-6-2-10(16)3-7-12/h2-9H,1H3,(H,18,20). The van der Waals surface area contributed by atoms with Gasteiger partial charge in [0.25, 0.3) is 0 Å². The summed E-state index contributed by atoms with van der Waals surface area (Å²) in [4.78, 5) is 9.15. The van der Waals surface area contributed by atoms with E-state index in [0.29, 0.717) is 0 Å². The molecule has 106 valence electrons. The van der Waals surface area contributed by atoms with Crippen LogP contribution in [0.3, 0.4) is 0 Å². The highest BCUT2D eigenvalue weighted by Crippen LogP contribution is 2.21. The normalized spacial score (nSPS) is 17.8. The smallest absolute Gasteiger partial charge is 0.192 e. The monoisotopic (exact) mass is 406 g/mol. The van der Waals surface area contributed by atoms with Crippen molar-refractivity contribution in [1.82, 2.24) is 10.4 Å². The lowest BCUT2D eigenvalue weighted by molar-refractivity contribution is 0.422. The Kier molecular flexibility index (Phi) is 4.07. The van der Waals surface area contributed by atoms with Gasteiger partial charge in [0.2, 0.25) is 0 Å². The molecule has 1 heterocycles. The SMILES string of the molecule is CN1NC(=Nc2ccc(Br)cc2)C1=Nc1ccc(Br)cc1. The number of hydrazine groups is 1. The van der Waals surface area contributed by atoms with E-state index < -0.39 is 0 Å². The second-order valence-electron chi connectivity index (χ2n) is 4.52. The van der Waals surface area contributed by atoms with Gasteiger partial charge in [-0.1, -0.05) is 31.9 Å². The van der Waals surface area contributed by atoms with Gasteiger partial charge in [0, 0.05) is 16.0 Å². The summed E-state index contributed by atoms with van der Waals surface area (Å²) < 4.78 is 2.07. The molecule has 0 unspecified atom stereocenters. The van der Waals surface area contributed by atoms with Crippen molar-refractivity contribution >= 4 is 54.9 Å². The van der Waals surface area contributed by atoms with Gasteiger partial charge in [0.05, 0.1) is 11.4 Å². The van der Waals surface area contributed by atoms with Crippen LogP contribution in [0.5, 0.6) is 0 Å². The van der Waals surface area contributed by atoms with Crippen molar-refractivity contribution in [2.75, 3.05) is 7.05 Å².